The van der Waals surface area contributed by atoms with E-state index in [0.29, 0.717) is 23.6 Å². The van der Waals surface area contributed by atoms with Gasteiger partial charge in [-0.3, -0.25) is 4.79 Å². The molecule has 0 aromatic heterocycles. The molecule has 112 valence electrons. The number of carbonyl (C=O) groups is 1. The standard InChI is InChI=1S/C15H18ClN3O2/c1-19-7-5-15(11-17,6-8-19)18-14(20)10-21-13-4-2-3-12(16)9-13/h2-4,9H,5-8,10H2,1H3,(H,18,20). The highest BCUT2D eigenvalue weighted by Crippen LogP contribution is 2.21. The molecular weight excluding hydrogens is 290 g/mol. The van der Waals surface area contributed by atoms with Gasteiger partial charge in [-0.2, -0.15) is 5.26 Å². The number of nitriles is 1. The van der Waals surface area contributed by atoms with E-state index in [-0.39, 0.29) is 12.5 Å². The topological polar surface area (TPSA) is 65.4 Å². The lowest BCUT2D eigenvalue weighted by molar-refractivity contribution is -0.124. The van der Waals surface area contributed by atoms with Gasteiger partial charge in [0, 0.05) is 18.1 Å². The summed E-state index contributed by atoms with van der Waals surface area (Å²) in [6.07, 6.45) is 1.26. The first-order valence-corrected chi connectivity index (χ1v) is 7.20. The van der Waals surface area contributed by atoms with Crippen molar-refractivity contribution < 1.29 is 9.53 Å². The van der Waals surface area contributed by atoms with Crippen LogP contribution in [0.4, 0.5) is 0 Å². The number of ether oxygens (including phenoxy) is 1. The van der Waals surface area contributed by atoms with Crippen LogP contribution >= 0.6 is 11.6 Å². The number of amides is 1. The summed E-state index contributed by atoms with van der Waals surface area (Å²) in [5, 5.41) is 12.7. The van der Waals surface area contributed by atoms with Crippen molar-refractivity contribution in [1.82, 2.24) is 10.2 Å². The summed E-state index contributed by atoms with van der Waals surface area (Å²) in [6.45, 7) is 1.46. The quantitative estimate of drug-likeness (QED) is 0.921. The van der Waals surface area contributed by atoms with Crippen LogP contribution in [0.2, 0.25) is 5.02 Å². The van der Waals surface area contributed by atoms with Crippen LogP contribution in [-0.4, -0.2) is 43.1 Å². The smallest absolute Gasteiger partial charge is 0.259 e. The molecule has 1 fully saturated rings. The Morgan fingerprint density at radius 3 is 2.86 bits per heavy atom. The highest BCUT2D eigenvalue weighted by molar-refractivity contribution is 6.30. The normalized spacial score (nSPS) is 17.8. The van der Waals surface area contributed by atoms with E-state index in [1.165, 1.54) is 0 Å². The minimum Gasteiger partial charge on any atom is -0.484 e. The van der Waals surface area contributed by atoms with Crippen molar-refractivity contribution in [2.75, 3.05) is 26.7 Å². The zero-order chi connectivity index (χ0) is 15.3. The molecule has 21 heavy (non-hydrogen) atoms. The van der Waals surface area contributed by atoms with Crippen LogP contribution in [-0.2, 0) is 4.79 Å². The third-order valence-corrected chi connectivity index (χ3v) is 3.83. The fraction of sp³-hybridized carbons (Fsp3) is 0.467. The summed E-state index contributed by atoms with van der Waals surface area (Å²) in [6, 6.07) is 9.10. The number of hydrogen-bond acceptors (Lipinski definition) is 4. The summed E-state index contributed by atoms with van der Waals surface area (Å²) in [5.41, 5.74) is -0.777. The Kier molecular flexibility index (Phi) is 5.05. The first-order chi connectivity index (χ1) is 10.0. The van der Waals surface area contributed by atoms with E-state index in [9.17, 15) is 10.1 Å². The van der Waals surface area contributed by atoms with Crippen molar-refractivity contribution in [3.8, 4) is 11.8 Å². The largest absolute Gasteiger partial charge is 0.484 e. The molecule has 2 rings (SSSR count). The van der Waals surface area contributed by atoms with Crippen LogP contribution in [0, 0.1) is 11.3 Å². The Labute approximate surface area is 129 Å². The Bertz CT molecular complexity index is 548. The van der Waals surface area contributed by atoms with E-state index in [0.717, 1.165) is 13.1 Å². The molecule has 0 aliphatic carbocycles. The number of benzene rings is 1. The van der Waals surface area contributed by atoms with Gasteiger partial charge in [0.15, 0.2) is 6.61 Å². The number of likely N-dealkylation sites (tertiary alicyclic amines) is 1. The van der Waals surface area contributed by atoms with E-state index < -0.39 is 5.54 Å². The van der Waals surface area contributed by atoms with Crippen molar-refractivity contribution in [3.05, 3.63) is 29.3 Å². The summed E-state index contributed by atoms with van der Waals surface area (Å²) in [4.78, 5) is 14.1. The summed E-state index contributed by atoms with van der Waals surface area (Å²) in [5.74, 6) is 0.244. The van der Waals surface area contributed by atoms with Crippen LogP contribution in [0.25, 0.3) is 0 Å². The van der Waals surface area contributed by atoms with E-state index in [1.807, 2.05) is 7.05 Å². The maximum atomic E-state index is 12.0. The van der Waals surface area contributed by atoms with Gasteiger partial charge < -0.3 is 15.0 Å². The first-order valence-electron chi connectivity index (χ1n) is 6.82. The third kappa shape index (κ3) is 4.35. The molecule has 0 bridgehead atoms. The Morgan fingerprint density at radius 1 is 1.52 bits per heavy atom. The number of nitrogens with zero attached hydrogens (tertiary/aromatic N) is 2. The highest BCUT2D eigenvalue weighted by Gasteiger charge is 2.35. The second-order valence-corrected chi connectivity index (χ2v) is 5.73. The minimum atomic E-state index is -0.777. The zero-order valence-corrected chi connectivity index (χ0v) is 12.7. The lowest BCUT2D eigenvalue weighted by atomic mass is 9.89. The highest BCUT2D eigenvalue weighted by atomic mass is 35.5. The number of rotatable bonds is 4. The molecule has 1 N–H and O–H groups in total. The molecule has 1 aromatic rings. The average Bonchev–Trinajstić information content (AvgIpc) is 2.48. The number of piperidine rings is 1. The molecular formula is C15H18ClN3O2. The van der Waals surface area contributed by atoms with Crippen molar-refractivity contribution in [2.45, 2.75) is 18.4 Å². The predicted molar refractivity (Wildman–Crippen MR) is 80.2 cm³/mol. The molecule has 1 aliphatic heterocycles. The monoisotopic (exact) mass is 307 g/mol. The maximum Gasteiger partial charge on any atom is 0.259 e. The van der Waals surface area contributed by atoms with Gasteiger partial charge in [0.2, 0.25) is 0 Å². The van der Waals surface area contributed by atoms with Crippen LogP contribution in [0.3, 0.4) is 0 Å². The Morgan fingerprint density at radius 2 is 2.24 bits per heavy atom. The fourth-order valence-corrected chi connectivity index (χ4v) is 2.45. The van der Waals surface area contributed by atoms with Gasteiger partial charge in [0.05, 0.1) is 6.07 Å². The van der Waals surface area contributed by atoms with Crippen molar-refractivity contribution in [2.24, 2.45) is 0 Å². The molecule has 0 radical (unpaired) electrons. The summed E-state index contributed by atoms with van der Waals surface area (Å²) >= 11 is 5.85. The molecule has 5 nitrogen and oxygen atoms in total. The van der Waals surface area contributed by atoms with Crippen LogP contribution in [0.15, 0.2) is 24.3 Å². The second-order valence-electron chi connectivity index (χ2n) is 5.29. The van der Waals surface area contributed by atoms with E-state index in [2.05, 4.69) is 16.3 Å². The van der Waals surface area contributed by atoms with E-state index in [1.54, 1.807) is 24.3 Å². The van der Waals surface area contributed by atoms with Gasteiger partial charge >= 0.3 is 0 Å². The number of halogens is 1. The predicted octanol–water partition coefficient (Wildman–Crippen LogP) is 1.82. The van der Waals surface area contributed by atoms with E-state index >= 15 is 0 Å². The molecule has 1 saturated heterocycles. The lowest BCUT2D eigenvalue weighted by Gasteiger charge is -2.35. The van der Waals surface area contributed by atoms with Gasteiger partial charge in [-0.05, 0) is 38.1 Å². The van der Waals surface area contributed by atoms with Crippen LogP contribution in [0.5, 0.6) is 5.75 Å². The summed E-state index contributed by atoms with van der Waals surface area (Å²) in [7, 11) is 2.01. The SMILES string of the molecule is CN1CCC(C#N)(NC(=O)COc2cccc(Cl)c2)CC1. The number of hydrogen-bond donors (Lipinski definition) is 1. The Balaban J connectivity index is 1.87. The lowest BCUT2D eigenvalue weighted by Crippen LogP contribution is -2.54. The molecule has 1 aromatic carbocycles. The van der Waals surface area contributed by atoms with Gasteiger partial charge in [0.1, 0.15) is 11.3 Å². The molecule has 1 heterocycles. The van der Waals surface area contributed by atoms with Gasteiger partial charge in [0.25, 0.3) is 5.91 Å². The van der Waals surface area contributed by atoms with Gasteiger partial charge in [-0.15, -0.1) is 0 Å². The first kappa shape index (κ1) is 15.6. The van der Waals surface area contributed by atoms with Crippen LogP contribution < -0.4 is 10.1 Å². The fourth-order valence-electron chi connectivity index (χ4n) is 2.27. The number of nitrogens with one attached hydrogen (secondary N) is 1. The molecule has 1 aliphatic rings. The molecule has 6 heteroatoms. The minimum absolute atomic E-state index is 0.125. The third-order valence-electron chi connectivity index (χ3n) is 3.60. The molecule has 0 spiro atoms. The molecule has 0 unspecified atom stereocenters. The molecule has 0 saturated carbocycles. The van der Waals surface area contributed by atoms with E-state index in [4.69, 9.17) is 16.3 Å². The van der Waals surface area contributed by atoms with Crippen molar-refractivity contribution in [3.63, 3.8) is 0 Å². The Hall–Kier alpha value is -1.77. The number of carbonyl (C=O) groups excluding carboxylic acids is 1. The van der Waals surface area contributed by atoms with Gasteiger partial charge in [-0.25, -0.2) is 0 Å². The zero-order valence-electron chi connectivity index (χ0n) is 11.9. The molecule has 1 amide bonds. The second kappa shape index (κ2) is 6.79. The van der Waals surface area contributed by atoms with Gasteiger partial charge in [-0.1, -0.05) is 17.7 Å². The van der Waals surface area contributed by atoms with Crippen molar-refractivity contribution in [1.29, 1.82) is 5.26 Å². The van der Waals surface area contributed by atoms with Crippen LogP contribution in [0.1, 0.15) is 12.8 Å². The van der Waals surface area contributed by atoms with Crippen molar-refractivity contribution >= 4 is 17.5 Å². The summed E-state index contributed by atoms with van der Waals surface area (Å²) < 4.78 is 5.38. The molecule has 0 atom stereocenters. The maximum absolute atomic E-state index is 12.0. The average molecular weight is 308 g/mol.